The van der Waals surface area contributed by atoms with Gasteiger partial charge in [-0.3, -0.25) is 0 Å². The van der Waals surface area contributed by atoms with E-state index in [1.807, 2.05) is 20.8 Å². The van der Waals surface area contributed by atoms with Gasteiger partial charge in [-0.1, -0.05) is 18.5 Å². The third kappa shape index (κ3) is 1.58. The van der Waals surface area contributed by atoms with Crippen LogP contribution in [0.1, 0.15) is 29.2 Å². The predicted molar refractivity (Wildman–Crippen MR) is 55.0 cm³/mol. The van der Waals surface area contributed by atoms with E-state index in [0.29, 0.717) is 17.0 Å². The normalized spacial score (nSPS) is 10.6. The van der Waals surface area contributed by atoms with Crippen molar-refractivity contribution in [3.8, 4) is 0 Å². The van der Waals surface area contributed by atoms with Gasteiger partial charge in [0.05, 0.1) is 0 Å². The van der Waals surface area contributed by atoms with Crippen LogP contribution in [0.3, 0.4) is 0 Å². The van der Waals surface area contributed by atoms with Crippen LogP contribution < -0.4 is 0 Å². The Morgan fingerprint density at radius 1 is 1.08 bits per heavy atom. The molecule has 0 heterocycles. The Balaban J connectivity index is 3.56. The van der Waals surface area contributed by atoms with Crippen LogP contribution >= 0.6 is 11.6 Å². The Bertz CT molecular complexity index is 313. The second-order valence-corrected chi connectivity index (χ2v) is 3.71. The summed E-state index contributed by atoms with van der Waals surface area (Å²) in [6, 6.07) is 0. The van der Waals surface area contributed by atoms with Gasteiger partial charge < -0.3 is 0 Å². The second kappa shape index (κ2) is 3.67. The fourth-order valence-corrected chi connectivity index (χ4v) is 1.81. The van der Waals surface area contributed by atoms with E-state index >= 15 is 0 Å². The highest BCUT2D eigenvalue weighted by Crippen LogP contribution is 2.29. The van der Waals surface area contributed by atoms with Gasteiger partial charge in [-0.25, -0.2) is 4.39 Å². The van der Waals surface area contributed by atoms with E-state index in [9.17, 15) is 4.39 Å². The molecule has 0 saturated heterocycles. The van der Waals surface area contributed by atoms with Crippen molar-refractivity contribution in [2.45, 2.75) is 34.1 Å². The van der Waals surface area contributed by atoms with Crippen LogP contribution in [0, 0.1) is 26.6 Å². The van der Waals surface area contributed by atoms with E-state index in [1.165, 1.54) is 0 Å². The lowest BCUT2D eigenvalue weighted by Gasteiger charge is -2.13. The zero-order valence-electron chi connectivity index (χ0n) is 8.46. The second-order valence-electron chi connectivity index (χ2n) is 3.34. The maximum absolute atomic E-state index is 13.6. The summed E-state index contributed by atoms with van der Waals surface area (Å²) in [6.45, 7) is 7.44. The summed E-state index contributed by atoms with van der Waals surface area (Å²) >= 11 is 6.07. The molecule has 0 aliphatic rings. The van der Waals surface area contributed by atoms with Crippen LogP contribution in [0.15, 0.2) is 0 Å². The molecule has 0 spiro atoms. The smallest absolute Gasteiger partial charge is 0.129 e. The Labute approximate surface area is 83.7 Å². The number of rotatable bonds is 1. The molecular formula is C11H14ClF. The predicted octanol–water partition coefficient (Wildman–Crippen LogP) is 3.97. The molecule has 1 rings (SSSR count). The first-order chi connectivity index (χ1) is 6.00. The van der Waals surface area contributed by atoms with Gasteiger partial charge in [0.2, 0.25) is 0 Å². The maximum Gasteiger partial charge on any atom is 0.129 e. The highest BCUT2D eigenvalue weighted by atomic mass is 35.5. The molecule has 0 radical (unpaired) electrons. The standard InChI is InChI=1S/C11H14ClF/c1-5-9-8(4)10(12)6(2)7(3)11(9)13/h5H2,1-4H3. The highest BCUT2D eigenvalue weighted by molar-refractivity contribution is 6.32. The van der Waals surface area contributed by atoms with E-state index in [2.05, 4.69) is 0 Å². The molecule has 0 unspecified atom stereocenters. The summed E-state index contributed by atoms with van der Waals surface area (Å²) in [7, 11) is 0. The molecule has 0 aromatic heterocycles. The van der Waals surface area contributed by atoms with E-state index < -0.39 is 0 Å². The van der Waals surface area contributed by atoms with Gasteiger partial charge in [0.15, 0.2) is 0 Å². The monoisotopic (exact) mass is 200 g/mol. The van der Waals surface area contributed by atoms with Crippen LogP contribution in [0.5, 0.6) is 0 Å². The molecule has 2 heteroatoms. The van der Waals surface area contributed by atoms with Crippen LogP contribution in [0.2, 0.25) is 5.02 Å². The van der Waals surface area contributed by atoms with Crippen molar-refractivity contribution >= 4 is 11.6 Å². The largest absolute Gasteiger partial charge is 0.206 e. The molecule has 0 bridgehead atoms. The minimum Gasteiger partial charge on any atom is -0.206 e. The summed E-state index contributed by atoms with van der Waals surface area (Å²) < 4.78 is 13.6. The van der Waals surface area contributed by atoms with Crippen LogP contribution in [0.4, 0.5) is 4.39 Å². The first-order valence-electron chi connectivity index (χ1n) is 4.44. The van der Waals surface area contributed by atoms with Crippen LogP contribution in [-0.4, -0.2) is 0 Å². The first-order valence-corrected chi connectivity index (χ1v) is 4.82. The van der Waals surface area contributed by atoms with Gasteiger partial charge >= 0.3 is 0 Å². The van der Waals surface area contributed by atoms with Crippen molar-refractivity contribution in [1.82, 2.24) is 0 Å². The molecule has 0 aliphatic heterocycles. The molecule has 1 aromatic carbocycles. The van der Waals surface area contributed by atoms with Gasteiger partial charge in [-0.2, -0.15) is 0 Å². The van der Waals surface area contributed by atoms with E-state index in [0.717, 1.165) is 16.7 Å². The molecule has 0 nitrogen and oxygen atoms in total. The molecule has 0 fully saturated rings. The third-order valence-corrected chi connectivity index (χ3v) is 3.19. The SMILES string of the molecule is CCc1c(C)c(Cl)c(C)c(C)c1F. The summed E-state index contributed by atoms with van der Waals surface area (Å²) in [6.07, 6.45) is 0.693. The molecule has 0 N–H and O–H groups in total. The number of hydrogen-bond acceptors (Lipinski definition) is 0. The van der Waals surface area contributed by atoms with Gasteiger partial charge in [-0.15, -0.1) is 0 Å². The lowest BCUT2D eigenvalue weighted by atomic mass is 9.98. The van der Waals surface area contributed by atoms with Crippen LogP contribution in [0.25, 0.3) is 0 Å². The van der Waals surface area contributed by atoms with Crippen molar-refractivity contribution in [3.63, 3.8) is 0 Å². The Hall–Kier alpha value is -0.560. The third-order valence-electron chi connectivity index (χ3n) is 2.62. The van der Waals surface area contributed by atoms with Crippen molar-refractivity contribution in [2.75, 3.05) is 0 Å². The fourth-order valence-electron chi connectivity index (χ4n) is 1.55. The number of hydrogen-bond donors (Lipinski definition) is 0. The quantitative estimate of drug-likeness (QED) is 0.644. The number of benzene rings is 1. The molecule has 0 aliphatic carbocycles. The van der Waals surface area contributed by atoms with Gasteiger partial charge in [0, 0.05) is 5.02 Å². The molecule has 13 heavy (non-hydrogen) atoms. The van der Waals surface area contributed by atoms with Gasteiger partial charge in [0.25, 0.3) is 0 Å². The van der Waals surface area contributed by atoms with Crippen molar-refractivity contribution < 1.29 is 4.39 Å². The summed E-state index contributed by atoms with van der Waals surface area (Å²) in [5, 5.41) is 0.704. The molecule has 0 atom stereocenters. The Kier molecular flexibility index (Phi) is 2.97. The van der Waals surface area contributed by atoms with E-state index in [1.54, 1.807) is 6.92 Å². The van der Waals surface area contributed by atoms with E-state index in [-0.39, 0.29) is 5.82 Å². The molecule has 72 valence electrons. The summed E-state index contributed by atoms with van der Waals surface area (Å²) in [5.41, 5.74) is 3.15. The Morgan fingerprint density at radius 3 is 2.08 bits per heavy atom. The highest BCUT2D eigenvalue weighted by Gasteiger charge is 2.14. The Morgan fingerprint density at radius 2 is 1.62 bits per heavy atom. The lowest BCUT2D eigenvalue weighted by molar-refractivity contribution is 0.599. The average molecular weight is 201 g/mol. The minimum atomic E-state index is -0.0955. The van der Waals surface area contributed by atoms with Crippen LogP contribution in [-0.2, 0) is 6.42 Å². The number of halogens is 2. The lowest BCUT2D eigenvalue weighted by Crippen LogP contribution is -2.00. The van der Waals surface area contributed by atoms with Gasteiger partial charge in [-0.05, 0) is 49.4 Å². The summed E-state index contributed by atoms with van der Waals surface area (Å²) in [4.78, 5) is 0. The first kappa shape index (κ1) is 10.5. The van der Waals surface area contributed by atoms with Crippen molar-refractivity contribution in [1.29, 1.82) is 0 Å². The molecule has 0 amide bonds. The van der Waals surface area contributed by atoms with Gasteiger partial charge in [0.1, 0.15) is 5.82 Å². The zero-order valence-corrected chi connectivity index (χ0v) is 9.22. The maximum atomic E-state index is 13.6. The van der Waals surface area contributed by atoms with Crippen molar-refractivity contribution in [2.24, 2.45) is 0 Å². The molecular weight excluding hydrogens is 187 g/mol. The van der Waals surface area contributed by atoms with E-state index in [4.69, 9.17) is 11.6 Å². The fraction of sp³-hybridized carbons (Fsp3) is 0.455. The zero-order chi connectivity index (χ0) is 10.2. The van der Waals surface area contributed by atoms with Crippen molar-refractivity contribution in [3.05, 3.63) is 33.1 Å². The minimum absolute atomic E-state index is 0.0955. The summed E-state index contributed by atoms with van der Waals surface area (Å²) in [5.74, 6) is -0.0955. The average Bonchev–Trinajstić information content (AvgIpc) is 2.13. The topological polar surface area (TPSA) is 0 Å². The molecule has 0 saturated carbocycles. The molecule has 1 aromatic rings.